The number of nitrogens with zero attached hydrogens (tertiary/aromatic N) is 4. The van der Waals surface area contributed by atoms with Gasteiger partial charge < -0.3 is 30.6 Å². The van der Waals surface area contributed by atoms with Crippen molar-refractivity contribution in [2.24, 2.45) is 0 Å². The molecule has 15 nitrogen and oxygen atoms in total. The van der Waals surface area contributed by atoms with E-state index in [1.165, 1.54) is 61.2 Å². The SMILES string of the molecule is Nc1ncnc2c1ncn2[C@H]1C[C@H](OC(=O)[C@H](Cc2ccc(C(F)F)cc2)NC(=O)OCc2ccc(NC(=O)Cc3ccc(F)cc3)cc2)[C@@H](COP=O)O1. The molecule has 0 aliphatic carbocycles. The van der Waals surface area contributed by atoms with Crippen molar-refractivity contribution in [3.63, 3.8) is 0 Å². The van der Waals surface area contributed by atoms with E-state index in [-0.39, 0.29) is 49.8 Å². The number of esters is 1. The summed E-state index contributed by atoms with van der Waals surface area (Å²) in [6, 6.07) is 16.0. The summed E-state index contributed by atoms with van der Waals surface area (Å²) in [6.45, 7) is -0.436. The lowest BCUT2D eigenvalue weighted by Crippen LogP contribution is -2.45. The molecule has 4 N–H and O–H groups in total. The average Bonchev–Trinajstić information content (AvgIpc) is 3.79. The van der Waals surface area contributed by atoms with Crippen molar-refractivity contribution in [3.05, 3.63) is 114 Å². The van der Waals surface area contributed by atoms with Gasteiger partial charge in [0.15, 0.2) is 11.5 Å². The topological polar surface area (TPSA) is 199 Å². The first-order chi connectivity index (χ1) is 26.6. The van der Waals surface area contributed by atoms with Gasteiger partial charge in [0.25, 0.3) is 6.43 Å². The van der Waals surface area contributed by atoms with Crippen LogP contribution in [0.3, 0.4) is 0 Å². The van der Waals surface area contributed by atoms with Crippen molar-refractivity contribution >= 4 is 49.3 Å². The standard InChI is InChI=1S/C36H33F3N7O8P/c37-24-9-3-21(4-10-24)14-29(47)44-25-11-5-22(6-12-25)16-51-36(49)45-26(13-20-1-7-23(8-2-20)32(38)39)35(48)54-27-15-30(53-28(27)17-52-55-50)46-19-43-31-33(40)41-18-42-34(31)46/h1-12,18-19,26-28,30,32H,13-17H2,(H,44,47)(H,45,49)(H2,40,41,42)/t26-,27-,28+,30+/m0/s1. The molecule has 55 heavy (non-hydrogen) atoms. The van der Waals surface area contributed by atoms with E-state index < -0.39 is 57.5 Å². The van der Waals surface area contributed by atoms with Crippen LogP contribution in [0, 0.1) is 5.82 Å². The van der Waals surface area contributed by atoms with Gasteiger partial charge in [0.1, 0.15) is 48.7 Å². The predicted octanol–water partition coefficient (Wildman–Crippen LogP) is 5.63. The third-order valence-electron chi connectivity index (χ3n) is 8.57. The molecule has 1 aliphatic rings. The van der Waals surface area contributed by atoms with Crippen LogP contribution in [0.5, 0.6) is 0 Å². The number of benzene rings is 3. The van der Waals surface area contributed by atoms with Crippen molar-refractivity contribution in [1.29, 1.82) is 0 Å². The number of carbonyl (C=O) groups excluding carboxylic acids is 3. The van der Waals surface area contributed by atoms with E-state index in [1.54, 1.807) is 28.8 Å². The molecule has 0 saturated carbocycles. The Kier molecular flexibility index (Phi) is 12.6. The molecule has 286 valence electrons. The minimum atomic E-state index is -2.70. The first kappa shape index (κ1) is 38.7. The molecule has 2 amide bonds. The molecule has 1 saturated heterocycles. The van der Waals surface area contributed by atoms with Crippen LogP contribution >= 0.6 is 8.69 Å². The highest BCUT2D eigenvalue weighted by atomic mass is 31.1. The number of hydrogen-bond donors (Lipinski definition) is 3. The number of alkyl carbamates (subject to hydrolysis) is 1. The summed E-state index contributed by atoms with van der Waals surface area (Å²) < 4.78 is 74.6. The fourth-order valence-electron chi connectivity index (χ4n) is 5.80. The summed E-state index contributed by atoms with van der Waals surface area (Å²) in [5.41, 5.74) is 8.51. The van der Waals surface area contributed by atoms with Crippen molar-refractivity contribution in [3.8, 4) is 0 Å². The summed E-state index contributed by atoms with van der Waals surface area (Å²) in [7, 11) is -0.629. The Morgan fingerprint density at radius 3 is 2.38 bits per heavy atom. The van der Waals surface area contributed by atoms with Crippen LogP contribution in [0.15, 0.2) is 85.5 Å². The minimum Gasteiger partial charge on any atom is -0.458 e. The largest absolute Gasteiger partial charge is 0.458 e. The molecule has 1 fully saturated rings. The van der Waals surface area contributed by atoms with Crippen molar-refractivity contribution < 1.29 is 50.9 Å². The summed E-state index contributed by atoms with van der Waals surface area (Å²) >= 11 is 0. The number of aromatic nitrogens is 4. The number of alkyl halides is 2. The van der Waals surface area contributed by atoms with Gasteiger partial charge in [-0.1, -0.05) is 48.5 Å². The number of ether oxygens (including phenoxy) is 3. The second-order valence-corrected chi connectivity index (χ2v) is 12.8. The molecular formula is C36H33F3N7O8P. The van der Waals surface area contributed by atoms with Crippen molar-refractivity contribution in [1.82, 2.24) is 24.8 Å². The first-order valence-corrected chi connectivity index (χ1v) is 17.5. The lowest BCUT2D eigenvalue weighted by atomic mass is 10.0. The zero-order valence-electron chi connectivity index (χ0n) is 28.7. The zero-order valence-corrected chi connectivity index (χ0v) is 29.6. The molecule has 4 atom stereocenters. The van der Waals surface area contributed by atoms with Crippen LogP contribution in [0.1, 0.15) is 41.3 Å². The van der Waals surface area contributed by atoms with Crippen LogP contribution < -0.4 is 16.4 Å². The predicted molar refractivity (Wildman–Crippen MR) is 189 cm³/mol. The van der Waals surface area contributed by atoms with Gasteiger partial charge in [-0.2, -0.15) is 0 Å². The molecule has 19 heteroatoms. The molecule has 6 rings (SSSR count). The molecule has 0 bridgehead atoms. The lowest BCUT2D eigenvalue weighted by molar-refractivity contribution is -0.155. The smallest absolute Gasteiger partial charge is 0.408 e. The van der Waals surface area contributed by atoms with E-state index in [1.807, 2.05) is 0 Å². The van der Waals surface area contributed by atoms with Crippen LogP contribution in [-0.2, 0) is 52.3 Å². The monoisotopic (exact) mass is 779 g/mol. The Hall–Kier alpha value is -5.97. The number of rotatable bonds is 15. The summed E-state index contributed by atoms with van der Waals surface area (Å²) in [5, 5.41) is 5.24. The van der Waals surface area contributed by atoms with Crippen LogP contribution in [0.25, 0.3) is 11.2 Å². The Morgan fingerprint density at radius 1 is 0.964 bits per heavy atom. The van der Waals surface area contributed by atoms with Gasteiger partial charge in [-0.15, -0.1) is 0 Å². The highest BCUT2D eigenvalue weighted by Gasteiger charge is 2.41. The third-order valence-corrected chi connectivity index (χ3v) is 8.83. The molecule has 0 unspecified atom stereocenters. The molecule has 2 aromatic heterocycles. The summed E-state index contributed by atoms with van der Waals surface area (Å²) in [6.07, 6.45) is -3.63. The van der Waals surface area contributed by atoms with Gasteiger partial charge in [0.05, 0.1) is 19.4 Å². The maximum absolute atomic E-state index is 13.7. The quantitative estimate of drug-likeness (QED) is 0.0876. The number of fused-ring (bicyclic) bond motifs is 1. The molecule has 3 heterocycles. The normalized spacial score (nSPS) is 17.3. The van der Waals surface area contributed by atoms with Gasteiger partial charge >= 0.3 is 20.7 Å². The number of halogens is 3. The number of nitrogens with two attached hydrogens (primary N) is 1. The summed E-state index contributed by atoms with van der Waals surface area (Å²) in [4.78, 5) is 51.6. The number of carbonyl (C=O) groups is 3. The number of nitrogen functional groups attached to an aromatic ring is 1. The van der Waals surface area contributed by atoms with E-state index in [4.69, 9.17) is 24.5 Å². The fourth-order valence-corrected chi connectivity index (χ4v) is 6.01. The number of hydrogen-bond acceptors (Lipinski definition) is 12. The Bertz CT molecular complexity index is 2130. The van der Waals surface area contributed by atoms with E-state index >= 15 is 0 Å². The van der Waals surface area contributed by atoms with E-state index in [2.05, 4.69) is 25.6 Å². The van der Waals surface area contributed by atoms with E-state index in [0.29, 0.717) is 33.5 Å². The Labute approximate surface area is 312 Å². The van der Waals surface area contributed by atoms with E-state index in [0.717, 1.165) is 0 Å². The van der Waals surface area contributed by atoms with Crippen molar-refractivity contribution in [2.75, 3.05) is 17.7 Å². The molecule has 0 spiro atoms. The first-order valence-electron chi connectivity index (χ1n) is 16.7. The number of nitrogens with one attached hydrogen (secondary N) is 2. The third kappa shape index (κ3) is 10.2. The maximum Gasteiger partial charge on any atom is 0.408 e. The van der Waals surface area contributed by atoms with Crippen molar-refractivity contribution in [2.45, 2.75) is 56.8 Å². The highest BCUT2D eigenvalue weighted by molar-refractivity contribution is 7.17. The van der Waals surface area contributed by atoms with E-state index in [9.17, 15) is 32.1 Å². The van der Waals surface area contributed by atoms with Gasteiger partial charge in [-0.25, -0.2) is 42.3 Å². The second-order valence-electron chi connectivity index (χ2n) is 12.4. The number of anilines is 2. The van der Waals surface area contributed by atoms with Crippen LogP contribution in [0.2, 0.25) is 0 Å². The number of imidazole rings is 1. The highest BCUT2D eigenvalue weighted by Crippen LogP contribution is 2.34. The maximum atomic E-state index is 13.7. The lowest BCUT2D eigenvalue weighted by Gasteiger charge is -2.22. The van der Waals surface area contributed by atoms with Gasteiger partial charge in [-0.3, -0.25) is 13.9 Å². The van der Waals surface area contributed by atoms with Gasteiger partial charge in [0, 0.05) is 24.1 Å². The average molecular weight is 780 g/mol. The Balaban J connectivity index is 1.10. The second kappa shape index (κ2) is 17.9. The zero-order chi connectivity index (χ0) is 38.9. The van der Waals surface area contributed by atoms with Crippen LogP contribution in [0.4, 0.5) is 29.5 Å². The molecular weight excluding hydrogens is 746 g/mol. The van der Waals surface area contributed by atoms with Gasteiger partial charge in [0.2, 0.25) is 5.91 Å². The van der Waals surface area contributed by atoms with Gasteiger partial charge in [-0.05, 0) is 41.0 Å². The molecule has 1 aliphatic heterocycles. The molecule has 3 aromatic carbocycles. The Morgan fingerprint density at radius 2 is 1.67 bits per heavy atom. The summed E-state index contributed by atoms with van der Waals surface area (Å²) in [5.74, 6) is -1.45. The van der Waals surface area contributed by atoms with Crippen LogP contribution in [-0.4, -0.2) is 62.3 Å². The molecule has 5 aromatic rings. The number of amides is 2. The fraction of sp³-hybridized carbons (Fsp3) is 0.278. The molecule has 0 radical (unpaired) electrons. The minimum absolute atomic E-state index is 0.0423.